The standard InChI is InChI=1S/C5H6O2Si.C5H5.Fe/c6-8(7)5-3-1-2-4-5;1-2-4-5-3-1;/h1-4,6-7H;1-5H;/q2*-1;+2. The van der Waals surface area contributed by atoms with Crippen molar-refractivity contribution in [2.45, 2.75) is 0 Å². The van der Waals surface area contributed by atoms with Crippen LogP contribution in [-0.4, -0.2) is 18.9 Å². The Morgan fingerprint density at radius 1 is 0.929 bits per heavy atom. The van der Waals surface area contributed by atoms with E-state index in [2.05, 4.69) is 0 Å². The van der Waals surface area contributed by atoms with E-state index in [1.807, 2.05) is 30.3 Å². The first-order chi connectivity index (χ1) is 6.30. The van der Waals surface area contributed by atoms with Crippen LogP contribution in [0.2, 0.25) is 0 Å². The van der Waals surface area contributed by atoms with E-state index in [4.69, 9.17) is 9.59 Å². The average Bonchev–Trinajstić information content (AvgIpc) is 2.82. The molecule has 75 valence electrons. The van der Waals surface area contributed by atoms with Gasteiger partial charge in [-0.1, -0.05) is 0 Å². The predicted octanol–water partition coefficient (Wildman–Crippen LogP) is 0.488. The minimum Gasteiger partial charge on any atom is -0.415 e. The normalized spacial score (nSPS) is 8.79. The number of hydrogen-bond acceptors (Lipinski definition) is 2. The summed E-state index contributed by atoms with van der Waals surface area (Å²) < 4.78 is 0. The van der Waals surface area contributed by atoms with Crippen molar-refractivity contribution in [3.05, 3.63) is 54.6 Å². The minimum absolute atomic E-state index is 0. The van der Waals surface area contributed by atoms with Gasteiger partial charge in [0.2, 0.25) is 0 Å². The maximum absolute atomic E-state index is 8.57. The third kappa shape index (κ3) is 5.17. The van der Waals surface area contributed by atoms with Crippen molar-refractivity contribution in [1.29, 1.82) is 0 Å². The molecule has 0 saturated heterocycles. The molecule has 0 spiro atoms. The van der Waals surface area contributed by atoms with Gasteiger partial charge in [-0.15, -0.1) is 5.19 Å². The van der Waals surface area contributed by atoms with Crippen molar-refractivity contribution >= 4 is 14.5 Å². The maximum atomic E-state index is 8.57. The van der Waals surface area contributed by atoms with E-state index >= 15 is 0 Å². The second kappa shape index (κ2) is 7.73. The Hall–Kier alpha value is -0.644. The molecular formula is C10H11FeO2Si. The molecule has 0 heterocycles. The SMILES string of the molecule is O[Si](O)[c-]1cccc1.[Fe+2].c1cc[cH-]c1. The summed E-state index contributed by atoms with van der Waals surface area (Å²) in [6, 6.07) is 17.0. The Labute approximate surface area is 95.9 Å². The molecule has 1 radical (unpaired) electrons. The monoisotopic (exact) mass is 247 g/mol. The van der Waals surface area contributed by atoms with Crippen molar-refractivity contribution < 1.29 is 26.7 Å². The second-order valence-corrected chi connectivity index (χ2v) is 3.68. The van der Waals surface area contributed by atoms with Gasteiger partial charge in [-0.25, -0.2) is 24.3 Å². The van der Waals surface area contributed by atoms with Gasteiger partial charge >= 0.3 is 26.4 Å². The summed E-state index contributed by atoms with van der Waals surface area (Å²) in [4.78, 5) is 17.1. The molecule has 2 aromatic rings. The molecular weight excluding hydrogens is 236 g/mol. The first-order valence-electron chi connectivity index (χ1n) is 3.94. The van der Waals surface area contributed by atoms with E-state index in [1.165, 1.54) is 0 Å². The molecule has 0 amide bonds. The minimum atomic E-state index is -2.17. The van der Waals surface area contributed by atoms with Crippen LogP contribution in [0.1, 0.15) is 0 Å². The fraction of sp³-hybridized carbons (Fsp3) is 0. The van der Waals surface area contributed by atoms with Crippen LogP contribution in [0.25, 0.3) is 0 Å². The van der Waals surface area contributed by atoms with Gasteiger partial charge in [0.15, 0.2) is 0 Å². The topological polar surface area (TPSA) is 40.5 Å². The van der Waals surface area contributed by atoms with Gasteiger partial charge in [0, 0.05) is 0 Å². The molecule has 0 aliphatic heterocycles. The molecule has 0 saturated carbocycles. The molecule has 0 unspecified atom stereocenters. The van der Waals surface area contributed by atoms with Crippen LogP contribution in [0.4, 0.5) is 0 Å². The van der Waals surface area contributed by atoms with Gasteiger partial charge < -0.3 is 9.59 Å². The summed E-state index contributed by atoms with van der Waals surface area (Å²) in [5.41, 5.74) is 0. The largest absolute Gasteiger partial charge is 2.00 e. The average molecular weight is 247 g/mol. The predicted molar refractivity (Wildman–Crippen MR) is 53.9 cm³/mol. The molecule has 0 aliphatic carbocycles. The first kappa shape index (κ1) is 13.4. The van der Waals surface area contributed by atoms with Crippen LogP contribution in [0.5, 0.6) is 0 Å². The van der Waals surface area contributed by atoms with Crippen LogP contribution in [0, 0.1) is 0 Å². The smallest absolute Gasteiger partial charge is 0.415 e. The van der Waals surface area contributed by atoms with E-state index in [0.717, 1.165) is 0 Å². The van der Waals surface area contributed by atoms with Crippen LogP contribution >= 0.6 is 0 Å². The van der Waals surface area contributed by atoms with E-state index in [-0.39, 0.29) is 17.1 Å². The first-order valence-corrected chi connectivity index (χ1v) is 5.34. The fourth-order valence-electron chi connectivity index (χ4n) is 0.844. The molecule has 0 aromatic heterocycles. The van der Waals surface area contributed by atoms with Gasteiger partial charge in [0.05, 0.1) is 0 Å². The third-order valence-corrected chi connectivity index (χ3v) is 2.33. The maximum Gasteiger partial charge on any atom is 2.00 e. The Kier molecular flexibility index (Phi) is 7.38. The summed E-state index contributed by atoms with van der Waals surface area (Å²) in [5, 5.41) is 0.648. The summed E-state index contributed by atoms with van der Waals surface area (Å²) in [5.74, 6) is 0. The van der Waals surface area contributed by atoms with E-state index < -0.39 is 9.28 Å². The van der Waals surface area contributed by atoms with E-state index in [9.17, 15) is 0 Å². The van der Waals surface area contributed by atoms with Crippen molar-refractivity contribution in [2.24, 2.45) is 0 Å². The van der Waals surface area contributed by atoms with Gasteiger partial charge in [-0.2, -0.15) is 30.3 Å². The Bertz CT molecular complexity index is 273. The number of rotatable bonds is 1. The molecule has 0 fully saturated rings. The fourth-order valence-corrected chi connectivity index (χ4v) is 1.33. The van der Waals surface area contributed by atoms with Gasteiger partial charge in [0.1, 0.15) is 0 Å². The van der Waals surface area contributed by atoms with Crippen molar-refractivity contribution in [3.63, 3.8) is 0 Å². The molecule has 2 N–H and O–H groups in total. The van der Waals surface area contributed by atoms with Crippen LogP contribution < -0.4 is 5.19 Å². The summed E-state index contributed by atoms with van der Waals surface area (Å²) in [7, 11) is -2.17. The van der Waals surface area contributed by atoms with Gasteiger partial charge in [0.25, 0.3) is 0 Å². The zero-order valence-corrected chi connectivity index (χ0v) is 9.55. The Balaban J connectivity index is 0.000000246. The molecule has 4 heteroatoms. The van der Waals surface area contributed by atoms with Crippen LogP contribution in [0.15, 0.2) is 54.6 Å². The third-order valence-electron chi connectivity index (χ3n) is 1.48. The molecule has 2 rings (SSSR count). The quantitative estimate of drug-likeness (QED) is 0.568. The second-order valence-electron chi connectivity index (χ2n) is 2.46. The van der Waals surface area contributed by atoms with Crippen LogP contribution in [0.3, 0.4) is 0 Å². The molecule has 14 heavy (non-hydrogen) atoms. The Morgan fingerprint density at radius 3 is 1.64 bits per heavy atom. The van der Waals surface area contributed by atoms with Crippen molar-refractivity contribution in [3.8, 4) is 0 Å². The van der Waals surface area contributed by atoms with E-state index in [0.29, 0.717) is 5.19 Å². The molecule has 0 aliphatic rings. The van der Waals surface area contributed by atoms with Crippen molar-refractivity contribution in [2.75, 3.05) is 0 Å². The van der Waals surface area contributed by atoms with Crippen LogP contribution in [-0.2, 0) is 17.1 Å². The summed E-state index contributed by atoms with van der Waals surface area (Å²) >= 11 is 0. The molecule has 2 aromatic carbocycles. The zero-order valence-electron chi connectivity index (χ0n) is 7.44. The number of hydrogen-bond donors (Lipinski definition) is 2. The van der Waals surface area contributed by atoms with Gasteiger partial charge in [-0.05, 0) is 0 Å². The van der Waals surface area contributed by atoms with E-state index in [1.54, 1.807) is 24.3 Å². The summed E-state index contributed by atoms with van der Waals surface area (Å²) in [6.45, 7) is 0. The van der Waals surface area contributed by atoms with Gasteiger partial charge in [-0.3, -0.25) is 0 Å². The molecule has 0 atom stereocenters. The van der Waals surface area contributed by atoms with Crippen molar-refractivity contribution in [1.82, 2.24) is 0 Å². The zero-order chi connectivity index (χ0) is 9.52. The molecule has 0 bridgehead atoms. The Morgan fingerprint density at radius 2 is 1.43 bits per heavy atom. The summed E-state index contributed by atoms with van der Waals surface area (Å²) in [6.07, 6.45) is 0. The molecule has 2 nitrogen and oxygen atoms in total.